The number of fused-ring (bicyclic) bond motifs is 1. The van der Waals surface area contributed by atoms with Gasteiger partial charge in [-0.3, -0.25) is 0 Å². The molecule has 0 spiro atoms. The Hall–Kier alpha value is -0.380. The maximum Gasteiger partial charge on any atom is 0.0817 e. The minimum absolute atomic E-state index is 0.763. The van der Waals surface area contributed by atoms with Gasteiger partial charge in [0.15, 0.2) is 0 Å². The van der Waals surface area contributed by atoms with E-state index in [4.69, 9.17) is 4.74 Å². The molecule has 0 aromatic carbocycles. The van der Waals surface area contributed by atoms with Crippen LogP contribution in [0.3, 0.4) is 0 Å². The van der Waals surface area contributed by atoms with Crippen molar-refractivity contribution in [1.82, 2.24) is 5.32 Å². The van der Waals surface area contributed by atoms with Gasteiger partial charge in [0.05, 0.1) is 13.2 Å². The third-order valence-electron chi connectivity index (χ3n) is 3.11. The molecule has 3 rings (SSSR count). The summed E-state index contributed by atoms with van der Waals surface area (Å²) >= 11 is 1.96. The van der Waals surface area contributed by atoms with Crippen molar-refractivity contribution < 1.29 is 4.74 Å². The van der Waals surface area contributed by atoms with Crippen LogP contribution >= 0.6 is 11.3 Å². The Kier molecular flexibility index (Phi) is 2.32. The Bertz CT molecular complexity index is 307. The number of nitrogens with one attached hydrogen (secondary N) is 1. The second-order valence-corrected chi connectivity index (χ2v) is 5.30. The SMILES string of the molecule is c1c(C2CCCNC2)sc2c1COC2. The van der Waals surface area contributed by atoms with E-state index < -0.39 is 0 Å². The normalized spacial score (nSPS) is 26.4. The summed E-state index contributed by atoms with van der Waals surface area (Å²) in [6.45, 7) is 4.05. The lowest BCUT2D eigenvalue weighted by Crippen LogP contribution is -2.27. The first kappa shape index (κ1) is 8.89. The fourth-order valence-electron chi connectivity index (χ4n) is 2.28. The summed E-state index contributed by atoms with van der Waals surface area (Å²) in [4.78, 5) is 3.04. The molecule has 1 fully saturated rings. The number of ether oxygens (including phenoxy) is 1. The summed E-state index contributed by atoms with van der Waals surface area (Å²) in [6.07, 6.45) is 2.68. The molecule has 76 valence electrons. The van der Waals surface area contributed by atoms with Crippen molar-refractivity contribution in [3.8, 4) is 0 Å². The molecular weight excluding hydrogens is 194 g/mol. The van der Waals surface area contributed by atoms with Crippen molar-refractivity contribution in [2.75, 3.05) is 13.1 Å². The number of hydrogen-bond acceptors (Lipinski definition) is 3. The summed E-state index contributed by atoms with van der Waals surface area (Å²) < 4.78 is 5.39. The quantitative estimate of drug-likeness (QED) is 0.766. The smallest absolute Gasteiger partial charge is 0.0817 e. The van der Waals surface area contributed by atoms with Crippen molar-refractivity contribution in [2.45, 2.75) is 32.0 Å². The maximum absolute atomic E-state index is 5.39. The summed E-state index contributed by atoms with van der Waals surface area (Å²) in [5.41, 5.74) is 1.44. The second kappa shape index (κ2) is 3.65. The highest BCUT2D eigenvalue weighted by molar-refractivity contribution is 7.12. The Labute approximate surface area is 88.3 Å². The second-order valence-electron chi connectivity index (χ2n) is 4.13. The summed E-state index contributed by atoms with van der Waals surface area (Å²) in [7, 11) is 0. The number of hydrogen-bond donors (Lipinski definition) is 1. The van der Waals surface area contributed by atoms with Crippen LogP contribution in [0.25, 0.3) is 0 Å². The van der Waals surface area contributed by atoms with Crippen LogP contribution in [0, 0.1) is 0 Å². The lowest BCUT2D eigenvalue weighted by Gasteiger charge is -2.21. The standard InChI is InChI=1S/C11H15NOS/c1-2-8(5-12-3-1)10-4-9-6-13-7-11(9)14-10/h4,8,12H,1-3,5-7H2. The highest BCUT2D eigenvalue weighted by Gasteiger charge is 2.21. The topological polar surface area (TPSA) is 21.3 Å². The third kappa shape index (κ3) is 1.49. The molecule has 1 atom stereocenters. The first-order valence-electron chi connectivity index (χ1n) is 5.33. The predicted octanol–water partition coefficient (Wildman–Crippen LogP) is 2.25. The molecule has 0 aliphatic carbocycles. The minimum Gasteiger partial charge on any atom is -0.371 e. The Morgan fingerprint density at radius 1 is 1.43 bits per heavy atom. The van der Waals surface area contributed by atoms with Gasteiger partial charge in [0, 0.05) is 22.2 Å². The van der Waals surface area contributed by atoms with Gasteiger partial charge in [0.25, 0.3) is 0 Å². The summed E-state index contributed by atoms with van der Waals surface area (Å²) in [5.74, 6) is 0.763. The molecule has 2 aliphatic rings. The van der Waals surface area contributed by atoms with E-state index >= 15 is 0 Å². The lowest BCUT2D eigenvalue weighted by molar-refractivity contribution is 0.135. The van der Waals surface area contributed by atoms with E-state index in [1.165, 1.54) is 36.4 Å². The number of thiophene rings is 1. The molecular formula is C11H15NOS. The molecule has 0 saturated carbocycles. The van der Waals surface area contributed by atoms with Gasteiger partial charge < -0.3 is 10.1 Å². The molecule has 1 unspecified atom stereocenters. The molecule has 0 bridgehead atoms. The van der Waals surface area contributed by atoms with Gasteiger partial charge in [-0.15, -0.1) is 11.3 Å². The fraction of sp³-hybridized carbons (Fsp3) is 0.636. The van der Waals surface area contributed by atoms with Crippen LogP contribution in [-0.4, -0.2) is 13.1 Å². The zero-order valence-electron chi connectivity index (χ0n) is 8.21. The van der Waals surface area contributed by atoms with Crippen molar-refractivity contribution in [2.24, 2.45) is 0 Å². The molecule has 2 aliphatic heterocycles. The zero-order valence-corrected chi connectivity index (χ0v) is 9.03. The molecule has 3 heterocycles. The number of rotatable bonds is 1. The van der Waals surface area contributed by atoms with Gasteiger partial charge in [0.1, 0.15) is 0 Å². The molecule has 3 heteroatoms. The molecule has 14 heavy (non-hydrogen) atoms. The predicted molar refractivity (Wildman–Crippen MR) is 57.7 cm³/mol. The van der Waals surface area contributed by atoms with Crippen LogP contribution in [-0.2, 0) is 18.0 Å². The molecule has 0 radical (unpaired) electrons. The van der Waals surface area contributed by atoms with Gasteiger partial charge in [-0.2, -0.15) is 0 Å². The third-order valence-corrected chi connectivity index (χ3v) is 4.42. The van der Waals surface area contributed by atoms with E-state index in [0.717, 1.165) is 19.1 Å². The fourth-order valence-corrected chi connectivity index (χ4v) is 3.53. The molecule has 2 nitrogen and oxygen atoms in total. The van der Waals surface area contributed by atoms with E-state index in [9.17, 15) is 0 Å². The first-order chi connectivity index (χ1) is 6.93. The highest BCUT2D eigenvalue weighted by atomic mass is 32.1. The minimum atomic E-state index is 0.763. The van der Waals surface area contributed by atoms with Crippen molar-refractivity contribution in [1.29, 1.82) is 0 Å². The molecule has 0 amide bonds. The monoisotopic (exact) mass is 209 g/mol. The van der Waals surface area contributed by atoms with Crippen molar-refractivity contribution in [3.63, 3.8) is 0 Å². The van der Waals surface area contributed by atoms with Crippen LogP contribution in [0.15, 0.2) is 6.07 Å². The van der Waals surface area contributed by atoms with Crippen LogP contribution in [0.1, 0.15) is 34.1 Å². The van der Waals surface area contributed by atoms with Gasteiger partial charge in [0.2, 0.25) is 0 Å². The Balaban J connectivity index is 1.82. The molecule has 1 N–H and O–H groups in total. The van der Waals surface area contributed by atoms with E-state index in [2.05, 4.69) is 11.4 Å². The van der Waals surface area contributed by atoms with Crippen molar-refractivity contribution >= 4 is 11.3 Å². The van der Waals surface area contributed by atoms with Gasteiger partial charge >= 0.3 is 0 Å². The van der Waals surface area contributed by atoms with Gasteiger partial charge in [-0.05, 0) is 31.0 Å². The van der Waals surface area contributed by atoms with Crippen LogP contribution in [0.2, 0.25) is 0 Å². The van der Waals surface area contributed by atoms with E-state index in [1.54, 1.807) is 4.88 Å². The van der Waals surface area contributed by atoms with Crippen molar-refractivity contribution in [3.05, 3.63) is 21.4 Å². The van der Waals surface area contributed by atoms with Crippen LogP contribution in [0.5, 0.6) is 0 Å². The first-order valence-corrected chi connectivity index (χ1v) is 6.15. The Morgan fingerprint density at radius 2 is 2.43 bits per heavy atom. The van der Waals surface area contributed by atoms with E-state index in [1.807, 2.05) is 11.3 Å². The van der Waals surface area contributed by atoms with E-state index in [0.29, 0.717) is 0 Å². The van der Waals surface area contributed by atoms with Crippen LogP contribution in [0.4, 0.5) is 0 Å². The molecule has 1 aromatic heterocycles. The zero-order chi connectivity index (χ0) is 9.38. The van der Waals surface area contributed by atoms with Gasteiger partial charge in [-0.25, -0.2) is 0 Å². The van der Waals surface area contributed by atoms with Gasteiger partial charge in [-0.1, -0.05) is 0 Å². The maximum atomic E-state index is 5.39. The van der Waals surface area contributed by atoms with E-state index in [-0.39, 0.29) is 0 Å². The average Bonchev–Trinajstić information content (AvgIpc) is 2.78. The average molecular weight is 209 g/mol. The molecule has 1 saturated heterocycles. The van der Waals surface area contributed by atoms with Crippen LogP contribution < -0.4 is 5.32 Å². The highest BCUT2D eigenvalue weighted by Crippen LogP contribution is 2.35. The largest absolute Gasteiger partial charge is 0.371 e. The Morgan fingerprint density at radius 3 is 3.21 bits per heavy atom. The number of piperidine rings is 1. The molecule has 1 aromatic rings. The summed E-state index contributed by atoms with van der Waals surface area (Å²) in [5, 5.41) is 3.47. The summed E-state index contributed by atoms with van der Waals surface area (Å²) in [6, 6.07) is 2.37. The lowest BCUT2D eigenvalue weighted by atomic mass is 9.97.